The van der Waals surface area contributed by atoms with Crippen molar-refractivity contribution in [2.45, 2.75) is 26.8 Å². The van der Waals surface area contributed by atoms with Gasteiger partial charge in [0.15, 0.2) is 17.5 Å². The molecule has 1 unspecified atom stereocenters. The van der Waals surface area contributed by atoms with Crippen LogP contribution >= 0.6 is 0 Å². The zero-order valence-electron chi connectivity index (χ0n) is 16.2. The summed E-state index contributed by atoms with van der Waals surface area (Å²) in [6.45, 7) is 8.77. The zero-order chi connectivity index (χ0) is 20.4. The molecule has 4 nitrogen and oxygen atoms in total. The van der Waals surface area contributed by atoms with E-state index in [0.717, 1.165) is 25.2 Å². The first-order valence-corrected chi connectivity index (χ1v) is 9.29. The van der Waals surface area contributed by atoms with E-state index in [4.69, 9.17) is 0 Å². The molecule has 0 bridgehead atoms. The van der Waals surface area contributed by atoms with E-state index in [-0.39, 0.29) is 5.69 Å². The molecule has 28 heavy (non-hydrogen) atoms. The van der Waals surface area contributed by atoms with Gasteiger partial charge in [0.05, 0.1) is 11.7 Å². The molecule has 0 saturated carbocycles. The van der Waals surface area contributed by atoms with Gasteiger partial charge in [0.25, 0.3) is 0 Å². The molecule has 1 fully saturated rings. The highest BCUT2D eigenvalue weighted by Crippen LogP contribution is 2.25. The van der Waals surface area contributed by atoms with Crippen molar-refractivity contribution in [1.82, 2.24) is 4.90 Å². The van der Waals surface area contributed by atoms with Crippen LogP contribution in [0.25, 0.3) is 0 Å². The highest BCUT2D eigenvalue weighted by molar-refractivity contribution is 5.94. The lowest BCUT2D eigenvalue weighted by molar-refractivity contribution is -0.120. The number of benzene rings is 2. The predicted molar refractivity (Wildman–Crippen MR) is 104 cm³/mol. The number of nitrogens with zero attached hydrogens (tertiary/aromatic N) is 2. The Kier molecular flexibility index (Phi) is 5.93. The molecule has 1 heterocycles. The first-order valence-electron chi connectivity index (χ1n) is 9.29. The third-order valence-electron chi connectivity index (χ3n) is 5.45. The molecule has 1 amide bonds. The molecule has 0 aliphatic carbocycles. The minimum atomic E-state index is -1.59. The van der Waals surface area contributed by atoms with Gasteiger partial charge in [-0.2, -0.15) is 0 Å². The van der Waals surface area contributed by atoms with Crippen LogP contribution in [-0.2, 0) is 4.79 Å². The summed E-state index contributed by atoms with van der Waals surface area (Å²) in [7, 11) is 0. The van der Waals surface area contributed by atoms with Gasteiger partial charge < -0.3 is 10.2 Å². The van der Waals surface area contributed by atoms with Crippen LogP contribution in [0, 0.1) is 31.3 Å². The molecule has 2 aromatic carbocycles. The molecule has 3 rings (SSSR count). The van der Waals surface area contributed by atoms with E-state index in [1.165, 1.54) is 16.8 Å². The lowest BCUT2D eigenvalue weighted by atomic mass is 10.1. The second-order valence-corrected chi connectivity index (χ2v) is 7.13. The minimum Gasteiger partial charge on any atom is -0.369 e. The van der Waals surface area contributed by atoms with Crippen molar-refractivity contribution >= 4 is 17.3 Å². The maximum Gasteiger partial charge on any atom is 0.241 e. The van der Waals surface area contributed by atoms with Crippen molar-refractivity contribution in [2.75, 3.05) is 36.4 Å². The molecule has 1 N–H and O–H groups in total. The van der Waals surface area contributed by atoms with E-state index >= 15 is 0 Å². The molecule has 0 spiro atoms. The molecule has 1 saturated heterocycles. The van der Waals surface area contributed by atoms with Crippen molar-refractivity contribution in [3.8, 4) is 0 Å². The second-order valence-electron chi connectivity index (χ2n) is 7.13. The quantitative estimate of drug-likeness (QED) is 0.804. The Labute approximate surface area is 162 Å². The van der Waals surface area contributed by atoms with E-state index in [9.17, 15) is 18.0 Å². The Bertz CT molecular complexity index is 879. The van der Waals surface area contributed by atoms with Crippen molar-refractivity contribution in [1.29, 1.82) is 0 Å². The van der Waals surface area contributed by atoms with Crippen LogP contribution in [0.15, 0.2) is 30.3 Å². The summed E-state index contributed by atoms with van der Waals surface area (Å²) < 4.78 is 40.2. The lowest BCUT2D eigenvalue weighted by Crippen LogP contribution is -2.53. The molecule has 0 radical (unpaired) electrons. The van der Waals surface area contributed by atoms with E-state index in [2.05, 4.69) is 36.2 Å². The van der Waals surface area contributed by atoms with Gasteiger partial charge in [0, 0.05) is 31.9 Å². The van der Waals surface area contributed by atoms with Crippen LogP contribution in [-0.4, -0.2) is 43.0 Å². The van der Waals surface area contributed by atoms with E-state index in [1.807, 2.05) is 11.0 Å². The highest BCUT2D eigenvalue weighted by atomic mass is 19.2. The van der Waals surface area contributed by atoms with Crippen molar-refractivity contribution in [2.24, 2.45) is 0 Å². The van der Waals surface area contributed by atoms with Crippen LogP contribution in [0.1, 0.15) is 18.1 Å². The Morgan fingerprint density at radius 3 is 2.36 bits per heavy atom. The lowest BCUT2D eigenvalue weighted by Gasteiger charge is -2.39. The summed E-state index contributed by atoms with van der Waals surface area (Å²) in [4.78, 5) is 16.7. The third kappa shape index (κ3) is 3.99. The molecule has 0 aromatic heterocycles. The molecule has 7 heteroatoms. The molecular weight excluding hydrogens is 367 g/mol. The molecule has 1 aliphatic rings. The normalized spacial score (nSPS) is 16.1. The van der Waals surface area contributed by atoms with Gasteiger partial charge in [0.2, 0.25) is 5.91 Å². The van der Waals surface area contributed by atoms with Crippen molar-refractivity contribution in [3.63, 3.8) is 0 Å². The second kappa shape index (κ2) is 8.22. The summed E-state index contributed by atoms with van der Waals surface area (Å²) in [6, 6.07) is 7.52. The van der Waals surface area contributed by atoms with Crippen LogP contribution in [0.4, 0.5) is 24.5 Å². The van der Waals surface area contributed by atoms with Crippen molar-refractivity contribution in [3.05, 3.63) is 58.9 Å². The highest BCUT2D eigenvalue weighted by Gasteiger charge is 2.27. The van der Waals surface area contributed by atoms with Gasteiger partial charge in [-0.05, 0) is 50.1 Å². The number of piperazine rings is 1. The minimum absolute atomic E-state index is 0.357. The summed E-state index contributed by atoms with van der Waals surface area (Å²) >= 11 is 0. The summed E-state index contributed by atoms with van der Waals surface area (Å²) in [5.41, 5.74) is 3.32. The number of amides is 1. The van der Waals surface area contributed by atoms with Gasteiger partial charge >= 0.3 is 0 Å². The summed E-state index contributed by atoms with van der Waals surface area (Å²) in [6.07, 6.45) is 0. The van der Waals surface area contributed by atoms with Crippen molar-refractivity contribution < 1.29 is 18.0 Å². The Balaban J connectivity index is 1.62. The number of carbonyl (C=O) groups excluding carboxylic acids is 1. The smallest absolute Gasteiger partial charge is 0.241 e. The molecular formula is C21H24F3N3O. The summed E-state index contributed by atoms with van der Waals surface area (Å²) in [5, 5.41) is 2.36. The maximum atomic E-state index is 13.8. The largest absolute Gasteiger partial charge is 0.369 e. The van der Waals surface area contributed by atoms with E-state index < -0.39 is 29.4 Å². The molecule has 1 aliphatic heterocycles. The molecule has 2 aromatic rings. The Hall–Kier alpha value is -2.54. The fourth-order valence-corrected chi connectivity index (χ4v) is 3.45. The first-order chi connectivity index (χ1) is 13.3. The number of hydrogen-bond acceptors (Lipinski definition) is 3. The number of nitrogens with one attached hydrogen (secondary N) is 1. The van der Waals surface area contributed by atoms with Crippen LogP contribution < -0.4 is 10.2 Å². The Morgan fingerprint density at radius 1 is 1.00 bits per heavy atom. The average Bonchev–Trinajstić information content (AvgIpc) is 2.70. The fourth-order valence-electron chi connectivity index (χ4n) is 3.45. The average molecular weight is 391 g/mol. The van der Waals surface area contributed by atoms with Crippen LogP contribution in [0.2, 0.25) is 0 Å². The third-order valence-corrected chi connectivity index (χ3v) is 5.45. The Morgan fingerprint density at radius 2 is 1.68 bits per heavy atom. The molecule has 150 valence electrons. The summed E-state index contributed by atoms with van der Waals surface area (Å²) in [5.74, 6) is -4.72. The van der Waals surface area contributed by atoms with Gasteiger partial charge in [-0.15, -0.1) is 0 Å². The predicted octanol–water partition coefficient (Wildman–Crippen LogP) is 3.87. The topological polar surface area (TPSA) is 35.6 Å². The first kappa shape index (κ1) is 20.2. The maximum absolute atomic E-state index is 13.8. The van der Waals surface area contributed by atoms with Crippen LogP contribution in [0.3, 0.4) is 0 Å². The van der Waals surface area contributed by atoms with Gasteiger partial charge in [-0.3, -0.25) is 9.69 Å². The number of aryl methyl sites for hydroxylation is 1. The van der Waals surface area contributed by atoms with E-state index in [0.29, 0.717) is 13.1 Å². The number of carbonyl (C=O) groups is 1. The monoisotopic (exact) mass is 391 g/mol. The van der Waals surface area contributed by atoms with Gasteiger partial charge in [0.1, 0.15) is 0 Å². The zero-order valence-corrected chi connectivity index (χ0v) is 16.2. The van der Waals surface area contributed by atoms with Gasteiger partial charge in [-0.25, -0.2) is 13.2 Å². The SMILES string of the molecule is Cc1cccc(N2CCN(C(C)C(=O)Nc3ccc(F)c(F)c3F)CC2)c1C. The van der Waals surface area contributed by atoms with E-state index in [1.54, 1.807) is 6.92 Å². The number of halogens is 3. The number of hydrogen-bond donors (Lipinski definition) is 1. The standard InChI is InChI=1S/C21H24F3N3O/c1-13-5-4-6-18(14(13)2)27-11-9-26(10-12-27)15(3)21(28)25-17-8-7-16(22)19(23)20(17)24/h4-8,15H,9-12H2,1-3H3,(H,25,28). The number of anilines is 2. The fraction of sp³-hybridized carbons (Fsp3) is 0.381. The molecule has 1 atom stereocenters. The van der Waals surface area contributed by atoms with Gasteiger partial charge in [-0.1, -0.05) is 12.1 Å². The number of rotatable bonds is 4. The van der Waals surface area contributed by atoms with Crippen LogP contribution in [0.5, 0.6) is 0 Å².